The van der Waals surface area contributed by atoms with Crippen molar-refractivity contribution in [1.29, 1.82) is 0 Å². The minimum absolute atomic E-state index is 0.835. The first-order chi connectivity index (χ1) is 13.9. The number of piperazine rings is 1. The molecule has 156 valence electrons. The van der Waals surface area contributed by atoms with Crippen molar-refractivity contribution in [3.05, 3.63) is 70.7 Å². The van der Waals surface area contributed by atoms with Crippen LogP contribution in [0.5, 0.6) is 0 Å². The van der Waals surface area contributed by atoms with Gasteiger partial charge in [-0.3, -0.25) is 4.90 Å². The van der Waals surface area contributed by atoms with Crippen LogP contribution < -0.4 is 0 Å². The van der Waals surface area contributed by atoms with Crippen molar-refractivity contribution in [2.75, 3.05) is 32.7 Å². The number of hydrogen-bond donors (Lipinski definition) is 2. The van der Waals surface area contributed by atoms with Gasteiger partial charge in [-0.15, -0.1) is 0 Å². The van der Waals surface area contributed by atoms with Crippen molar-refractivity contribution in [3.63, 3.8) is 0 Å². The van der Waals surface area contributed by atoms with E-state index in [0.717, 1.165) is 24.7 Å². The van der Waals surface area contributed by atoms with Crippen LogP contribution in [0.2, 0.25) is 5.02 Å². The van der Waals surface area contributed by atoms with Crippen LogP contribution in [-0.2, 0) is 22.6 Å². The standard InChI is InChI=1S/C20H25ClN2.C2H2O4/c21-20-10-4-8-19(16-20)17-23-14-12-22(13-15-23)11-5-9-18-6-2-1-3-7-18;3-1(4)2(5)6/h1-4,6-8,10,16H,5,9,11-15,17H2;(H,3,4)(H,5,6). The largest absolute Gasteiger partial charge is 0.473 e. The van der Waals surface area contributed by atoms with Gasteiger partial charge in [0.2, 0.25) is 0 Å². The van der Waals surface area contributed by atoms with Gasteiger partial charge in [0, 0.05) is 37.7 Å². The average molecular weight is 419 g/mol. The molecule has 0 bridgehead atoms. The van der Waals surface area contributed by atoms with E-state index in [-0.39, 0.29) is 0 Å². The fraction of sp³-hybridized carbons (Fsp3) is 0.364. The molecule has 2 N–H and O–H groups in total. The Morgan fingerprint density at radius 1 is 0.828 bits per heavy atom. The molecule has 1 saturated heterocycles. The number of carbonyl (C=O) groups is 2. The van der Waals surface area contributed by atoms with E-state index in [1.54, 1.807) is 0 Å². The van der Waals surface area contributed by atoms with Gasteiger partial charge in [-0.1, -0.05) is 54.1 Å². The molecule has 0 aliphatic carbocycles. The molecule has 2 aromatic carbocycles. The van der Waals surface area contributed by atoms with Gasteiger partial charge in [0.1, 0.15) is 0 Å². The van der Waals surface area contributed by atoms with E-state index in [9.17, 15) is 0 Å². The van der Waals surface area contributed by atoms with Crippen molar-refractivity contribution in [2.45, 2.75) is 19.4 Å². The van der Waals surface area contributed by atoms with Crippen LogP contribution in [0.3, 0.4) is 0 Å². The minimum atomic E-state index is -1.82. The van der Waals surface area contributed by atoms with Crippen molar-refractivity contribution < 1.29 is 19.8 Å². The molecule has 1 fully saturated rings. The molecule has 29 heavy (non-hydrogen) atoms. The van der Waals surface area contributed by atoms with E-state index in [4.69, 9.17) is 31.4 Å². The molecule has 1 aliphatic rings. The molecule has 2 aromatic rings. The zero-order chi connectivity index (χ0) is 21.1. The number of benzene rings is 2. The molecule has 6 nitrogen and oxygen atoms in total. The van der Waals surface area contributed by atoms with E-state index >= 15 is 0 Å². The van der Waals surface area contributed by atoms with Crippen LogP contribution >= 0.6 is 11.6 Å². The number of rotatable bonds is 6. The summed E-state index contributed by atoms with van der Waals surface area (Å²) < 4.78 is 0. The van der Waals surface area contributed by atoms with Gasteiger partial charge in [0.05, 0.1) is 0 Å². The number of hydrogen-bond acceptors (Lipinski definition) is 4. The summed E-state index contributed by atoms with van der Waals surface area (Å²) in [6, 6.07) is 19.0. The predicted molar refractivity (Wildman–Crippen MR) is 113 cm³/mol. The third kappa shape index (κ3) is 9.09. The Kier molecular flexibility index (Phi) is 9.64. The fourth-order valence-electron chi connectivity index (χ4n) is 3.22. The summed E-state index contributed by atoms with van der Waals surface area (Å²) in [6.07, 6.45) is 2.43. The Labute approximate surface area is 176 Å². The van der Waals surface area contributed by atoms with Crippen molar-refractivity contribution in [3.8, 4) is 0 Å². The molecule has 7 heteroatoms. The summed E-state index contributed by atoms with van der Waals surface area (Å²) in [6.45, 7) is 6.87. The van der Waals surface area contributed by atoms with Gasteiger partial charge in [0.25, 0.3) is 0 Å². The zero-order valence-corrected chi connectivity index (χ0v) is 17.1. The quantitative estimate of drug-likeness (QED) is 0.701. The molecular formula is C22H27ClN2O4. The van der Waals surface area contributed by atoms with E-state index in [2.05, 4.69) is 52.3 Å². The molecule has 0 spiro atoms. The number of halogens is 1. The maximum atomic E-state index is 9.10. The number of carboxylic acid groups (broad SMARTS) is 2. The summed E-state index contributed by atoms with van der Waals surface area (Å²) >= 11 is 6.07. The molecule has 3 rings (SSSR count). The third-order valence-electron chi connectivity index (χ3n) is 4.73. The topological polar surface area (TPSA) is 81.1 Å². The number of nitrogens with zero attached hydrogens (tertiary/aromatic N) is 2. The first kappa shape index (κ1) is 22.9. The minimum Gasteiger partial charge on any atom is -0.473 e. The molecule has 0 amide bonds. The monoisotopic (exact) mass is 418 g/mol. The first-order valence-corrected chi connectivity index (χ1v) is 10.0. The highest BCUT2D eigenvalue weighted by Gasteiger charge is 2.16. The van der Waals surface area contributed by atoms with E-state index < -0.39 is 11.9 Å². The first-order valence-electron chi connectivity index (χ1n) is 9.63. The van der Waals surface area contributed by atoms with Gasteiger partial charge in [-0.25, -0.2) is 9.59 Å². The number of aliphatic carboxylic acids is 2. The normalized spacial score (nSPS) is 14.7. The van der Waals surface area contributed by atoms with Crippen LogP contribution in [0.15, 0.2) is 54.6 Å². The van der Waals surface area contributed by atoms with Crippen molar-refractivity contribution >= 4 is 23.5 Å². The molecular weight excluding hydrogens is 392 g/mol. The average Bonchev–Trinajstić information content (AvgIpc) is 2.71. The highest BCUT2D eigenvalue weighted by Crippen LogP contribution is 2.14. The van der Waals surface area contributed by atoms with E-state index in [1.807, 2.05) is 12.1 Å². The van der Waals surface area contributed by atoms with Crippen molar-refractivity contribution in [2.24, 2.45) is 0 Å². The maximum Gasteiger partial charge on any atom is 0.414 e. The number of carboxylic acids is 2. The lowest BCUT2D eigenvalue weighted by atomic mass is 10.1. The SMILES string of the molecule is Clc1cccc(CN2CCN(CCCc3ccccc3)CC2)c1.O=C(O)C(=O)O. The summed E-state index contributed by atoms with van der Waals surface area (Å²) in [5.74, 6) is -3.65. The van der Waals surface area contributed by atoms with E-state index in [1.165, 1.54) is 43.6 Å². The highest BCUT2D eigenvalue weighted by atomic mass is 35.5. The summed E-state index contributed by atoms with van der Waals surface area (Å²) in [5, 5.41) is 15.6. The molecule has 0 saturated carbocycles. The Bertz CT molecular complexity index is 765. The van der Waals surface area contributed by atoms with Gasteiger partial charge in [0.15, 0.2) is 0 Å². The van der Waals surface area contributed by atoms with Crippen LogP contribution in [0.4, 0.5) is 0 Å². The smallest absolute Gasteiger partial charge is 0.414 e. The second kappa shape index (κ2) is 12.2. The van der Waals surface area contributed by atoms with Crippen LogP contribution in [0.25, 0.3) is 0 Å². The lowest BCUT2D eigenvalue weighted by Gasteiger charge is -2.34. The highest BCUT2D eigenvalue weighted by molar-refractivity contribution is 6.30. The number of aryl methyl sites for hydroxylation is 1. The Balaban J connectivity index is 0.000000438. The second-order valence-corrected chi connectivity index (χ2v) is 7.38. The molecule has 0 aromatic heterocycles. The molecule has 0 unspecified atom stereocenters. The Hall–Kier alpha value is -2.41. The third-order valence-corrected chi connectivity index (χ3v) is 4.96. The van der Waals surface area contributed by atoms with Gasteiger partial charge < -0.3 is 15.1 Å². The zero-order valence-electron chi connectivity index (χ0n) is 16.3. The molecule has 1 aliphatic heterocycles. The maximum absolute atomic E-state index is 9.10. The predicted octanol–water partition coefficient (Wildman–Crippen LogP) is 3.25. The van der Waals surface area contributed by atoms with Crippen LogP contribution in [0, 0.1) is 0 Å². The van der Waals surface area contributed by atoms with Gasteiger partial charge >= 0.3 is 11.9 Å². The summed E-state index contributed by atoms with van der Waals surface area (Å²) in [4.78, 5) is 23.3. The van der Waals surface area contributed by atoms with Crippen LogP contribution in [0.1, 0.15) is 17.5 Å². The van der Waals surface area contributed by atoms with Gasteiger partial charge in [-0.2, -0.15) is 0 Å². The van der Waals surface area contributed by atoms with Gasteiger partial charge in [-0.05, 0) is 42.6 Å². The molecule has 1 heterocycles. The second-order valence-electron chi connectivity index (χ2n) is 6.95. The van der Waals surface area contributed by atoms with E-state index in [0.29, 0.717) is 0 Å². The lowest BCUT2D eigenvalue weighted by Crippen LogP contribution is -2.46. The Morgan fingerprint density at radius 3 is 2.00 bits per heavy atom. The lowest BCUT2D eigenvalue weighted by molar-refractivity contribution is -0.159. The van der Waals surface area contributed by atoms with Crippen LogP contribution in [-0.4, -0.2) is 64.7 Å². The summed E-state index contributed by atoms with van der Waals surface area (Å²) in [7, 11) is 0. The summed E-state index contributed by atoms with van der Waals surface area (Å²) in [5.41, 5.74) is 2.77. The molecule has 0 radical (unpaired) electrons. The molecule has 0 atom stereocenters. The fourth-order valence-corrected chi connectivity index (χ4v) is 3.43. The Morgan fingerprint density at radius 2 is 1.41 bits per heavy atom. The van der Waals surface area contributed by atoms with Crippen molar-refractivity contribution in [1.82, 2.24) is 9.80 Å².